The van der Waals surface area contributed by atoms with Crippen molar-refractivity contribution in [1.29, 1.82) is 0 Å². The van der Waals surface area contributed by atoms with Crippen LogP contribution < -0.4 is 0 Å². The first kappa shape index (κ1) is 11.7. The van der Waals surface area contributed by atoms with E-state index >= 15 is 0 Å². The second-order valence-corrected chi connectivity index (χ2v) is 5.86. The predicted octanol–water partition coefficient (Wildman–Crippen LogP) is 3.32. The first-order chi connectivity index (χ1) is 7.45. The van der Waals surface area contributed by atoms with E-state index < -0.39 is 0 Å². The van der Waals surface area contributed by atoms with E-state index in [9.17, 15) is 4.79 Å². The number of fused-ring (bicyclic) bond motifs is 2. The van der Waals surface area contributed by atoms with Gasteiger partial charge in [-0.15, -0.1) is 0 Å². The van der Waals surface area contributed by atoms with E-state index in [4.69, 9.17) is 4.74 Å². The minimum Gasteiger partial charge on any atom is -0.455 e. The fraction of sp³-hybridized carbons (Fsp3) is 0.786. The number of hydrogen-bond donors (Lipinski definition) is 0. The molecule has 0 saturated heterocycles. The van der Waals surface area contributed by atoms with Crippen LogP contribution in [0, 0.1) is 17.8 Å². The van der Waals surface area contributed by atoms with Gasteiger partial charge in [0.1, 0.15) is 5.60 Å². The van der Waals surface area contributed by atoms with Gasteiger partial charge >= 0.3 is 5.97 Å². The fourth-order valence-corrected chi connectivity index (χ4v) is 3.53. The van der Waals surface area contributed by atoms with Gasteiger partial charge in [0.25, 0.3) is 0 Å². The zero-order valence-electron chi connectivity index (χ0n) is 10.6. The molecule has 0 amide bonds. The third-order valence-electron chi connectivity index (χ3n) is 4.45. The number of hydrogen-bond acceptors (Lipinski definition) is 2. The molecule has 0 heterocycles. The van der Waals surface area contributed by atoms with Crippen LogP contribution in [0.25, 0.3) is 0 Å². The van der Waals surface area contributed by atoms with Crippen LogP contribution in [-0.2, 0) is 9.53 Å². The molecule has 2 heteroatoms. The van der Waals surface area contributed by atoms with E-state index in [1.54, 1.807) is 6.92 Å². The Labute approximate surface area is 98.1 Å². The molecule has 16 heavy (non-hydrogen) atoms. The Morgan fingerprint density at radius 1 is 1.44 bits per heavy atom. The molecule has 2 rings (SSSR count). The van der Waals surface area contributed by atoms with Crippen molar-refractivity contribution in [2.24, 2.45) is 17.8 Å². The first-order valence-electron chi connectivity index (χ1n) is 6.34. The highest BCUT2D eigenvalue weighted by Gasteiger charge is 2.55. The molecule has 0 spiro atoms. The summed E-state index contributed by atoms with van der Waals surface area (Å²) in [6.45, 7) is 9.75. The van der Waals surface area contributed by atoms with E-state index in [2.05, 4.69) is 20.4 Å². The third-order valence-corrected chi connectivity index (χ3v) is 4.45. The van der Waals surface area contributed by atoms with Crippen LogP contribution in [0.5, 0.6) is 0 Å². The summed E-state index contributed by atoms with van der Waals surface area (Å²) in [5.41, 5.74) is 0.321. The SMILES string of the molecule is C=C(C)C(=O)OC1(C(C)C)CC2CCC1C2. The summed E-state index contributed by atoms with van der Waals surface area (Å²) in [4.78, 5) is 11.8. The van der Waals surface area contributed by atoms with Crippen molar-refractivity contribution < 1.29 is 9.53 Å². The highest BCUT2D eigenvalue weighted by molar-refractivity contribution is 5.87. The van der Waals surface area contributed by atoms with Crippen molar-refractivity contribution in [2.75, 3.05) is 0 Å². The molecule has 90 valence electrons. The zero-order valence-corrected chi connectivity index (χ0v) is 10.6. The largest absolute Gasteiger partial charge is 0.455 e. The Kier molecular flexibility index (Phi) is 2.85. The lowest BCUT2D eigenvalue weighted by Gasteiger charge is -2.40. The normalized spacial score (nSPS) is 36.8. The van der Waals surface area contributed by atoms with Crippen molar-refractivity contribution in [1.82, 2.24) is 0 Å². The lowest BCUT2D eigenvalue weighted by molar-refractivity contribution is -0.168. The van der Waals surface area contributed by atoms with Crippen molar-refractivity contribution >= 4 is 5.97 Å². The first-order valence-corrected chi connectivity index (χ1v) is 6.34. The van der Waals surface area contributed by atoms with Gasteiger partial charge in [-0.25, -0.2) is 4.79 Å². The molecule has 2 aliphatic carbocycles. The van der Waals surface area contributed by atoms with E-state index in [0.29, 0.717) is 17.4 Å². The Morgan fingerprint density at radius 2 is 2.12 bits per heavy atom. The fourth-order valence-electron chi connectivity index (χ4n) is 3.53. The van der Waals surface area contributed by atoms with E-state index in [0.717, 1.165) is 12.3 Å². The maximum absolute atomic E-state index is 11.8. The van der Waals surface area contributed by atoms with Crippen molar-refractivity contribution in [3.63, 3.8) is 0 Å². The molecule has 0 aliphatic heterocycles. The molecule has 2 fully saturated rings. The molecular formula is C14H22O2. The van der Waals surface area contributed by atoms with E-state index in [-0.39, 0.29) is 11.6 Å². The quantitative estimate of drug-likeness (QED) is 0.541. The molecule has 0 aromatic carbocycles. The minimum absolute atomic E-state index is 0.195. The van der Waals surface area contributed by atoms with Gasteiger partial charge < -0.3 is 4.74 Å². The van der Waals surface area contributed by atoms with Gasteiger partial charge in [0.2, 0.25) is 0 Å². The maximum Gasteiger partial charge on any atom is 0.333 e. The van der Waals surface area contributed by atoms with Crippen LogP contribution >= 0.6 is 0 Å². The molecule has 2 nitrogen and oxygen atoms in total. The van der Waals surface area contributed by atoms with Crippen molar-refractivity contribution in [2.45, 2.75) is 52.1 Å². The summed E-state index contributed by atoms with van der Waals surface area (Å²) in [5.74, 6) is 1.57. The monoisotopic (exact) mass is 222 g/mol. The van der Waals surface area contributed by atoms with Crippen LogP contribution in [0.3, 0.4) is 0 Å². The Morgan fingerprint density at radius 3 is 2.50 bits per heavy atom. The van der Waals surface area contributed by atoms with Crippen molar-refractivity contribution in [3.05, 3.63) is 12.2 Å². The average molecular weight is 222 g/mol. The lowest BCUT2D eigenvalue weighted by Crippen LogP contribution is -2.45. The van der Waals surface area contributed by atoms with Gasteiger partial charge in [-0.1, -0.05) is 20.4 Å². The molecule has 0 aromatic rings. The molecule has 0 radical (unpaired) electrons. The topological polar surface area (TPSA) is 26.3 Å². The van der Waals surface area contributed by atoms with Crippen molar-refractivity contribution in [3.8, 4) is 0 Å². The Bertz CT molecular complexity index is 319. The maximum atomic E-state index is 11.8. The minimum atomic E-state index is -0.207. The molecule has 3 unspecified atom stereocenters. The summed E-state index contributed by atoms with van der Waals surface area (Å²) in [7, 11) is 0. The van der Waals surface area contributed by atoms with E-state index in [1.807, 2.05) is 0 Å². The molecule has 3 atom stereocenters. The summed E-state index contributed by atoms with van der Waals surface area (Å²) < 4.78 is 5.82. The van der Waals surface area contributed by atoms with Crippen LogP contribution in [0.1, 0.15) is 46.5 Å². The van der Waals surface area contributed by atoms with Gasteiger partial charge in [-0.2, -0.15) is 0 Å². The van der Waals surface area contributed by atoms with Crippen LogP contribution in [-0.4, -0.2) is 11.6 Å². The smallest absolute Gasteiger partial charge is 0.333 e. The summed E-state index contributed by atoms with van der Waals surface area (Å²) >= 11 is 0. The Hall–Kier alpha value is -0.790. The third kappa shape index (κ3) is 1.68. The van der Waals surface area contributed by atoms with Gasteiger partial charge in [0.15, 0.2) is 0 Å². The predicted molar refractivity (Wildman–Crippen MR) is 63.9 cm³/mol. The van der Waals surface area contributed by atoms with Crippen LogP contribution in [0.2, 0.25) is 0 Å². The molecule has 2 aliphatic rings. The number of esters is 1. The Balaban J connectivity index is 2.18. The molecule has 2 saturated carbocycles. The number of rotatable bonds is 3. The average Bonchev–Trinajstić information content (AvgIpc) is 2.77. The summed E-state index contributed by atoms with van der Waals surface area (Å²) in [6.07, 6.45) is 4.87. The summed E-state index contributed by atoms with van der Waals surface area (Å²) in [6, 6.07) is 0. The van der Waals surface area contributed by atoms with Gasteiger partial charge in [0.05, 0.1) is 0 Å². The molecular weight excluding hydrogens is 200 g/mol. The van der Waals surface area contributed by atoms with Gasteiger partial charge in [-0.3, -0.25) is 0 Å². The van der Waals surface area contributed by atoms with Crippen LogP contribution in [0.4, 0.5) is 0 Å². The lowest BCUT2D eigenvalue weighted by atomic mass is 9.76. The molecule has 2 bridgehead atoms. The molecule has 0 N–H and O–H groups in total. The number of ether oxygens (including phenoxy) is 1. The number of carbonyl (C=O) groups excluding carboxylic acids is 1. The second kappa shape index (κ2) is 3.90. The van der Waals surface area contributed by atoms with Crippen LogP contribution in [0.15, 0.2) is 12.2 Å². The molecule has 0 aromatic heterocycles. The van der Waals surface area contributed by atoms with Gasteiger partial charge in [-0.05, 0) is 50.4 Å². The highest BCUT2D eigenvalue weighted by Crippen LogP contribution is 2.55. The van der Waals surface area contributed by atoms with Gasteiger partial charge in [0, 0.05) is 5.57 Å². The standard InChI is InChI=1S/C14H22O2/c1-9(2)13(15)16-14(10(3)4)8-11-5-6-12(14)7-11/h10-12H,1,5-8H2,2-4H3. The zero-order chi connectivity index (χ0) is 11.9. The second-order valence-electron chi connectivity index (χ2n) is 5.86. The highest BCUT2D eigenvalue weighted by atomic mass is 16.6. The number of carbonyl (C=O) groups is 1. The van der Waals surface area contributed by atoms with E-state index in [1.165, 1.54) is 19.3 Å². The summed E-state index contributed by atoms with van der Waals surface area (Å²) in [5, 5.41) is 0.